The number of amides is 1. The van der Waals surface area contributed by atoms with Gasteiger partial charge in [0.2, 0.25) is 5.91 Å². The number of nitrogens with one attached hydrogen (secondary N) is 1. The first kappa shape index (κ1) is 51.0. The van der Waals surface area contributed by atoms with Gasteiger partial charge in [-0.1, -0.05) is 199 Å². The fourth-order valence-electron chi connectivity index (χ4n) is 6.44. The maximum atomic E-state index is 12.7. The second-order valence-electron chi connectivity index (χ2n) is 14.9. The molecule has 0 aromatic heterocycles. The highest BCUT2D eigenvalue weighted by Crippen LogP contribution is 2.43. The molecule has 0 aliphatic rings. The molecule has 0 aromatic rings. The van der Waals surface area contributed by atoms with Crippen LogP contribution < -0.4 is 11.1 Å². The largest absolute Gasteiger partial charge is 0.472 e. The van der Waals surface area contributed by atoms with E-state index >= 15 is 0 Å². The van der Waals surface area contributed by atoms with E-state index in [1.54, 1.807) is 6.08 Å². The lowest BCUT2D eigenvalue weighted by Gasteiger charge is -2.23. The minimum absolute atomic E-state index is 0.0759. The Labute approximate surface area is 321 Å². The van der Waals surface area contributed by atoms with Crippen LogP contribution in [0.2, 0.25) is 0 Å². The molecule has 0 aliphatic carbocycles. The molecule has 0 spiro atoms. The zero-order valence-electron chi connectivity index (χ0n) is 34.1. The summed E-state index contributed by atoms with van der Waals surface area (Å²) in [4.78, 5) is 22.7. The van der Waals surface area contributed by atoms with Crippen LogP contribution in [0.25, 0.3) is 0 Å². The van der Waals surface area contributed by atoms with Crippen molar-refractivity contribution in [3.63, 3.8) is 0 Å². The number of aliphatic hydroxyl groups excluding tert-OH is 1. The van der Waals surface area contributed by atoms with Crippen LogP contribution in [0.3, 0.4) is 0 Å². The lowest BCUT2D eigenvalue weighted by Crippen LogP contribution is -2.45. The van der Waals surface area contributed by atoms with Gasteiger partial charge in [-0.25, -0.2) is 4.57 Å². The molecule has 0 saturated heterocycles. The van der Waals surface area contributed by atoms with Crippen molar-refractivity contribution in [2.45, 2.75) is 225 Å². The standard InChI is InChI=1S/C43H85N2O6P/c1-3-5-7-9-11-13-15-17-19-21-23-25-27-29-31-33-35-37-43(47)45-41(40-51-52(48,49)50-39-38-44)42(46)36-34-32-30-28-26-24-22-20-18-16-14-12-10-8-6-4-2/h26,28,34,36,41-42,46H,3-25,27,29-33,35,37-40,44H2,1-2H3,(H,45,47)(H,48,49)/b28-26+,36-34+. The molecular weight excluding hydrogens is 671 g/mol. The molecule has 3 unspecified atom stereocenters. The predicted molar refractivity (Wildman–Crippen MR) is 221 cm³/mol. The Morgan fingerprint density at radius 2 is 1.02 bits per heavy atom. The number of allylic oxidation sites excluding steroid dienone is 3. The molecule has 308 valence electrons. The molecular formula is C43H85N2O6P. The molecule has 0 saturated carbocycles. The van der Waals surface area contributed by atoms with Gasteiger partial charge in [-0.05, 0) is 32.1 Å². The van der Waals surface area contributed by atoms with E-state index < -0.39 is 20.0 Å². The Hall–Kier alpha value is -1.02. The van der Waals surface area contributed by atoms with Gasteiger partial charge in [0.1, 0.15) is 0 Å². The highest BCUT2D eigenvalue weighted by atomic mass is 31.2. The maximum absolute atomic E-state index is 12.7. The van der Waals surface area contributed by atoms with Crippen LogP contribution in [-0.2, 0) is 18.4 Å². The normalized spacial score (nSPS) is 14.3. The molecule has 3 atom stereocenters. The molecule has 0 aromatic carbocycles. The van der Waals surface area contributed by atoms with Gasteiger partial charge in [-0.3, -0.25) is 13.8 Å². The minimum atomic E-state index is -4.34. The Bertz CT molecular complexity index is 871. The summed E-state index contributed by atoms with van der Waals surface area (Å²) < 4.78 is 22.1. The molecule has 1 amide bonds. The Morgan fingerprint density at radius 3 is 1.48 bits per heavy atom. The first-order chi connectivity index (χ1) is 25.4. The van der Waals surface area contributed by atoms with Gasteiger partial charge in [0.25, 0.3) is 0 Å². The molecule has 0 aliphatic heterocycles. The van der Waals surface area contributed by atoms with Gasteiger partial charge in [0.15, 0.2) is 0 Å². The quantitative estimate of drug-likeness (QED) is 0.0277. The summed E-state index contributed by atoms with van der Waals surface area (Å²) in [5.41, 5.74) is 5.37. The van der Waals surface area contributed by atoms with Gasteiger partial charge < -0.3 is 21.1 Å². The smallest absolute Gasteiger partial charge is 0.387 e. The van der Waals surface area contributed by atoms with Gasteiger partial charge >= 0.3 is 7.82 Å². The third-order valence-corrected chi connectivity index (χ3v) is 10.8. The van der Waals surface area contributed by atoms with E-state index in [0.29, 0.717) is 6.42 Å². The SMILES string of the molecule is CCCCCCCCCCCC/C=C/CC/C=C/C(O)C(COP(=O)(O)OCCN)NC(=O)CCCCCCCCCCCCCCCCCCC. The van der Waals surface area contributed by atoms with E-state index in [2.05, 4.69) is 31.3 Å². The summed E-state index contributed by atoms with van der Waals surface area (Å²) >= 11 is 0. The summed E-state index contributed by atoms with van der Waals surface area (Å²) in [6.45, 7) is 4.13. The van der Waals surface area contributed by atoms with Gasteiger partial charge in [-0.15, -0.1) is 0 Å². The number of rotatable bonds is 41. The second-order valence-corrected chi connectivity index (χ2v) is 16.4. The van der Waals surface area contributed by atoms with Crippen molar-refractivity contribution in [2.75, 3.05) is 19.8 Å². The van der Waals surface area contributed by atoms with Crippen LogP contribution in [0.5, 0.6) is 0 Å². The van der Waals surface area contributed by atoms with E-state index in [4.69, 9.17) is 14.8 Å². The average Bonchev–Trinajstić information content (AvgIpc) is 3.13. The van der Waals surface area contributed by atoms with Crippen LogP contribution in [0.15, 0.2) is 24.3 Å². The first-order valence-corrected chi connectivity index (χ1v) is 23.5. The molecule has 0 fully saturated rings. The first-order valence-electron chi connectivity index (χ1n) is 22.0. The molecule has 0 radical (unpaired) electrons. The number of unbranched alkanes of at least 4 members (excludes halogenated alkanes) is 27. The Balaban J connectivity index is 4.23. The van der Waals surface area contributed by atoms with Crippen LogP contribution in [0.4, 0.5) is 0 Å². The molecule has 9 heteroatoms. The molecule has 5 N–H and O–H groups in total. The van der Waals surface area contributed by atoms with E-state index in [-0.39, 0.29) is 25.7 Å². The number of nitrogens with two attached hydrogens (primary N) is 1. The van der Waals surface area contributed by atoms with Gasteiger partial charge in [-0.2, -0.15) is 0 Å². The molecule has 52 heavy (non-hydrogen) atoms. The number of carbonyl (C=O) groups excluding carboxylic acids is 1. The zero-order chi connectivity index (χ0) is 38.2. The van der Waals surface area contributed by atoms with Crippen molar-refractivity contribution in [2.24, 2.45) is 5.73 Å². The number of phosphoric acid groups is 1. The van der Waals surface area contributed by atoms with E-state index in [1.807, 2.05) is 6.08 Å². The summed E-state index contributed by atoms with van der Waals surface area (Å²) in [5, 5.41) is 13.6. The highest BCUT2D eigenvalue weighted by molar-refractivity contribution is 7.47. The monoisotopic (exact) mass is 757 g/mol. The fourth-order valence-corrected chi connectivity index (χ4v) is 7.20. The predicted octanol–water partition coefficient (Wildman–Crippen LogP) is 12.2. The average molecular weight is 757 g/mol. The summed E-state index contributed by atoms with van der Waals surface area (Å²) in [5.74, 6) is -0.201. The molecule has 0 heterocycles. The molecule has 8 nitrogen and oxygen atoms in total. The summed E-state index contributed by atoms with van der Waals surface area (Å²) in [7, 11) is -4.34. The number of hydrogen-bond acceptors (Lipinski definition) is 6. The van der Waals surface area contributed by atoms with Crippen molar-refractivity contribution in [1.82, 2.24) is 5.32 Å². The van der Waals surface area contributed by atoms with E-state index in [9.17, 15) is 19.4 Å². The fraction of sp³-hybridized carbons (Fsp3) is 0.884. The van der Waals surface area contributed by atoms with Gasteiger partial charge in [0.05, 0.1) is 25.4 Å². The molecule has 0 bridgehead atoms. The summed E-state index contributed by atoms with van der Waals surface area (Å²) in [6.07, 6.45) is 45.1. The highest BCUT2D eigenvalue weighted by Gasteiger charge is 2.26. The number of hydrogen-bond donors (Lipinski definition) is 4. The maximum Gasteiger partial charge on any atom is 0.472 e. The molecule has 0 rings (SSSR count). The zero-order valence-corrected chi connectivity index (χ0v) is 35.0. The lowest BCUT2D eigenvalue weighted by atomic mass is 10.0. The van der Waals surface area contributed by atoms with E-state index in [1.165, 1.54) is 154 Å². The van der Waals surface area contributed by atoms with Crippen LogP contribution in [0, 0.1) is 0 Å². The number of phosphoric ester groups is 1. The van der Waals surface area contributed by atoms with Crippen LogP contribution in [-0.4, -0.2) is 47.8 Å². The van der Waals surface area contributed by atoms with Crippen LogP contribution >= 0.6 is 7.82 Å². The summed E-state index contributed by atoms with van der Waals surface area (Å²) in [6, 6.07) is -0.872. The topological polar surface area (TPSA) is 131 Å². The van der Waals surface area contributed by atoms with Crippen molar-refractivity contribution in [3.8, 4) is 0 Å². The van der Waals surface area contributed by atoms with Crippen molar-refractivity contribution in [3.05, 3.63) is 24.3 Å². The Morgan fingerprint density at radius 1 is 0.615 bits per heavy atom. The third-order valence-electron chi connectivity index (χ3n) is 9.78. The number of carbonyl (C=O) groups is 1. The van der Waals surface area contributed by atoms with Crippen molar-refractivity contribution in [1.29, 1.82) is 0 Å². The second kappa shape index (κ2) is 39.7. The van der Waals surface area contributed by atoms with Crippen molar-refractivity contribution >= 4 is 13.7 Å². The Kier molecular flexibility index (Phi) is 38.9. The number of aliphatic hydroxyl groups is 1. The third kappa shape index (κ3) is 37.3. The van der Waals surface area contributed by atoms with Crippen molar-refractivity contribution < 1.29 is 28.4 Å². The van der Waals surface area contributed by atoms with E-state index in [0.717, 1.165) is 38.5 Å². The lowest BCUT2D eigenvalue weighted by molar-refractivity contribution is -0.123. The van der Waals surface area contributed by atoms with Gasteiger partial charge in [0, 0.05) is 13.0 Å². The van der Waals surface area contributed by atoms with Crippen LogP contribution in [0.1, 0.15) is 213 Å². The minimum Gasteiger partial charge on any atom is -0.387 e.